The van der Waals surface area contributed by atoms with Crippen LogP contribution < -0.4 is 10.2 Å². The highest BCUT2D eigenvalue weighted by atomic mass is 16.5. The number of hydrogen-bond donors (Lipinski definition) is 1. The van der Waals surface area contributed by atoms with Gasteiger partial charge in [-0.2, -0.15) is 5.10 Å². The Balaban J connectivity index is 1.70. The number of rotatable bonds is 6. The summed E-state index contributed by atoms with van der Waals surface area (Å²) in [6.45, 7) is 6.60. The van der Waals surface area contributed by atoms with Crippen LogP contribution in [-0.2, 0) is 0 Å². The van der Waals surface area contributed by atoms with E-state index in [1.165, 1.54) is 0 Å². The number of amides is 1. The summed E-state index contributed by atoms with van der Waals surface area (Å²) in [6, 6.07) is 19.2. The van der Waals surface area contributed by atoms with Crippen molar-refractivity contribution in [2.24, 2.45) is 5.10 Å². The van der Waals surface area contributed by atoms with Gasteiger partial charge >= 0.3 is 0 Å². The first kappa shape index (κ1) is 18.5. The average molecular weight is 361 g/mol. The zero-order valence-corrected chi connectivity index (χ0v) is 15.8. The molecule has 1 aromatic heterocycles. The molecule has 0 saturated carbocycles. The van der Waals surface area contributed by atoms with Crippen LogP contribution in [0.1, 0.15) is 34.2 Å². The van der Waals surface area contributed by atoms with E-state index < -0.39 is 0 Å². The summed E-state index contributed by atoms with van der Waals surface area (Å²) < 4.78 is 7.54. The number of carbonyl (C=O) groups excluding carboxylic acids is 1. The predicted molar refractivity (Wildman–Crippen MR) is 108 cm³/mol. The molecule has 0 aliphatic heterocycles. The highest BCUT2D eigenvalue weighted by Gasteiger charge is 2.09. The Morgan fingerprint density at radius 2 is 1.81 bits per heavy atom. The Bertz CT molecular complexity index is 942. The molecule has 0 atom stereocenters. The normalized spacial score (nSPS) is 10.9. The number of ether oxygens (including phenoxy) is 1. The number of hydrazone groups is 1. The van der Waals surface area contributed by atoms with Crippen molar-refractivity contribution in [3.8, 4) is 11.4 Å². The standard InChI is InChI=1S/C22H23N3O2/c1-4-27-21-12-10-18(11-13-21)22(26)24-23-15-19-14-16(2)25(17(19)3)20-8-6-5-7-9-20/h5-15H,4H2,1-3H3,(H,24,26)/b23-15-. The molecule has 5 heteroatoms. The quantitative estimate of drug-likeness (QED) is 0.527. The molecule has 0 unspecified atom stereocenters. The van der Waals surface area contributed by atoms with Gasteiger partial charge in [-0.1, -0.05) is 18.2 Å². The number of nitrogens with zero attached hydrogens (tertiary/aromatic N) is 2. The van der Waals surface area contributed by atoms with Crippen LogP contribution in [-0.4, -0.2) is 23.3 Å². The third kappa shape index (κ3) is 4.26. The number of aryl methyl sites for hydroxylation is 1. The van der Waals surface area contributed by atoms with Crippen molar-refractivity contribution in [3.63, 3.8) is 0 Å². The summed E-state index contributed by atoms with van der Waals surface area (Å²) in [6.07, 6.45) is 1.67. The molecule has 1 amide bonds. The Labute approximate surface area is 159 Å². The fourth-order valence-corrected chi connectivity index (χ4v) is 2.99. The molecule has 1 heterocycles. The second-order valence-corrected chi connectivity index (χ2v) is 6.15. The number of hydrogen-bond acceptors (Lipinski definition) is 3. The first-order chi connectivity index (χ1) is 13.1. The van der Waals surface area contributed by atoms with Gasteiger partial charge in [-0.05, 0) is 63.2 Å². The van der Waals surface area contributed by atoms with Crippen LogP contribution in [0.25, 0.3) is 5.69 Å². The molecule has 0 fully saturated rings. The molecule has 5 nitrogen and oxygen atoms in total. The summed E-state index contributed by atoms with van der Waals surface area (Å²) in [4.78, 5) is 12.2. The van der Waals surface area contributed by atoms with Crippen LogP contribution in [0.4, 0.5) is 0 Å². The third-order valence-electron chi connectivity index (χ3n) is 4.28. The molecule has 3 aromatic rings. The molecule has 1 N–H and O–H groups in total. The SMILES string of the molecule is CCOc1ccc(C(=O)N/N=C\c2cc(C)n(-c3ccccc3)c2C)cc1. The van der Waals surface area contributed by atoms with Gasteiger partial charge in [0.15, 0.2) is 0 Å². The molecule has 0 aliphatic rings. The zero-order valence-electron chi connectivity index (χ0n) is 15.8. The van der Waals surface area contributed by atoms with Gasteiger partial charge in [0.2, 0.25) is 0 Å². The minimum Gasteiger partial charge on any atom is -0.494 e. The lowest BCUT2D eigenvalue weighted by atomic mass is 10.2. The summed E-state index contributed by atoms with van der Waals surface area (Å²) in [5.41, 5.74) is 7.35. The van der Waals surface area contributed by atoms with Crippen molar-refractivity contribution in [2.45, 2.75) is 20.8 Å². The summed E-state index contributed by atoms with van der Waals surface area (Å²) in [7, 11) is 0. The van der Waals surface area contributed by atoms with Gasteiger partial charge in [-0.3, -0.25) is 4.79 Å². The van der Waals surface area contributed by atoms with Crippen LogP contribution in [0.15, 0.2) is 65.8 Å². The Kier molecular flexibility index (Phi) is 5.71. The molecule has 0 aliphatic carbocycles. The Morgan fingerprint density at radius 1 is 1.11 bits per heavy atom. The van der Waals surface area contributed by atoms with E-state index in [0.29, 0.717) is 12.2 Å². The van der Waals surface area contributed by atoms with Crippen LogP contribution in [0.5, 0.6) is 5.75 Å². The molecular weight excluding hydrogens is 338 g/mol. The van der Waals surface area contributed by atoms with Crippen LogP contribution in [0, 0.1) is 13.8 Å². The molecular formula is C22H23N3O2. The van der Waals surface area contributed by atoms with E-state index in [0.717, 1.165) is 28.4 Å². The highest BCUT2D eigenvalue weighted by Crippen LogP contribution is 2.19. The van der Waals surface area contributed by atoms with E-state index in [4.69, 9.17) is 4.74 Å². The average Bonchev–Trinajstić information content (AvgIpc) is 2.96. The lowest BCUT2D eigenvalue weighted by molar-refractivity contribution is 0.0955. The minimum atomic E-state index is -0.258. The number of benzene rings is 2. The molecule has 0 bridgehead atoms. The topological polar surface area (TPSA) is 55.6 Å². The van der Waals surface area contributed by atoms with E-state index in [2.05, 4.69) is 40.2 Å². The van der Waals surface area contributed by atoms with Crippen LogP contribution in [0.3, 0.4) is 0 Å². The molecule has 27 heavy (non-hydrogen) atoms. The maximum Gasteiger partial charge on any atom is 0.271 e. The summed E-state index contributed by atoms with van der Waals surface area (Å²) in [5, 5.41) is 4.12. The fraction of sp³-hybridized carbons (Fsp3) is 0.182. The lowest BCUT2D eigenvalue weighted by Gasteiger charge is -2.09. The number of carbonyl (C=O) groups is 1. The summed E-state index contributed by atoms with van der Waals surface area (Å²) in [5.74, 6) is 0.483. The van der Waals surface area contributed by atoms with E-state index in [-0.39, 0.29) is 5.91 Å². The number of nitrogens with one attached hydrogen (secondary N) is 1. The van der Waals surface area contributed by atoms with Gasteiger partial charge in [-0.15, -0.1) is 0 Å². The predicted octanol–water partition coefficient (Wildman–Crippen LogP) is 4.26. The van der Waals surface area contributed by atoms with E-state index in [1.807, 2.05) is 32.0 Å². The van der Waals surface area contributed by atoms with Crippen molar-refractivity contribution in [2.75, 3.05) is 6.61 Å². The molecule has 0 saturated heterocycles. The largest absolute Gasteiger partial charge is 0.494 e. The van der Waals surface area contributed by atoms with Crippen molar-refractivity contribution in [1.82, 2.24) is 9.99 Å². The molecule has 2 aromatic carbocycles. The highest BCUT2D eigenvalue weighted by molar-refractivity contribution is 5.95. The van der Waals surface area contributed by atoms with Crippen molar-refractivity contribution >= 4 is 12.1 Å². The minimum absolute atomic E-state index is 0.258. The third-order valence-corrected chi connectivity index (χ3v) is 4.28. The van der Waals surface area contributed by atoms with Gasteiger partial charge in [-0.25, -0.2) is 5.43 Å². The first-order valence-corrected chi connectivity index (χ1v) is 8.90. The van der Waals surface area contributed by atoms with Crippen molar-refractivity contribution in [1.29, 1.82) is 0 Å². The smallest absolute Gasteiger partial charge is 0.271 e. The molecule has 3 rings (SSSR count). The van der Waals surface area contributed by atoms with Gasteiger partial charge in [0, 0.05) is 28.2 Å². The number of para-hydroxylation sites is 1. The second-order valence-electron chi connectivity index (χ2n) is 6.15. The first-order valence-electron chi connectivity index (χ1n) is 8.90. The van der Waals surface area contributed by atoms with E-state index >= 15 is 0 Å². The monoisotopic (exact) mass is 361 g/mol. The molecule has 0 radical (unpaired) electrons. The van der Waals surface area contributed by atoms with E-state index in [1.54, 1.807) is 30.5 Å². The van der Waals surface area contributed by atoms with Gasteiger partial charge in [0.25, 0.3) is 5.91 Å². The maximum absolute atomic E-state index is 12.2. The zero-order chi connectivity index (χ0) is 19.2. The Morgan fingerprint density at radius 3 is 2.48 bits per heavy atom. The molecule has 0 spiro atoms. The number of aromatic nitrogens is 1. The maximum atomic E-state index is 12.2. The van der Waals surface area contributed by atoms with Crippen molar-refractivity contribution < 1.29 is 9.53 Å². The van der Waals surface area contributed by atoms with Gasteiger partial charge < -0.3 is 9.30 Å². The van der Waals surface area contributed by atoms with Gasteiger partial charge in [0.05, 0.1) is 12.8 Å². The molecule has 138 valence electrons. The second kappa shape index (κ2) is 8.36. The van der Waals surface area contributed by atoms with Crippen molar-refractivity contribution in [3.05, 3.63) is 83.2 Å². The van der Waals surface area contributed by atoms with E-state index in [9.17, 15) is 4.79 Å². The Hall–Kier alpha value is -3.34. The van der Waals surface area contributed by atoms with Gasteiger partial charge in [0.1, 0.15) is 5.75 Å². The van der Waals surface area contributed by atoms with Crippen LogP contribution >= 0.6 is 0 Å². The fourth-order valence-electron chi connectivity index (χ4n) is 2.99. The van der Waals surface area contributed by atoms with Crippen LogP contribution in [0.2, 0.25) is 0 Å². The summed E-state index contributed by atoms with van der Waals surface area (Å²) >= 11 is 0. The lowest BCUT2D eigenvalue weighted by Crippen LogP contribution is -2.17.